The Morgan fingerprint density at radius 3 is 2.33 bits per heavy atom. The van der Waals surface area contributed by atoms with Crippen LogP contribution in [0.1, 0.15) is 52.4 Å². The van der Waals surface area contributed by atoms with Crippen LogP contribution >= 0.6 is 0 Å². The number of methoxy groups -OCH3 is 1. The van der Waals surface area contributed by atoms with E-state index < -0.39 is 5.92 Å². The molecule has 0 aromatic rings. The van der Waals surface area contributed by atoms with Crippen LogP contribution in [0.3, 0.4) is 0 Å². The van der Waals surface area contributed by atoms with Crippen molar-refractivity contribution in [2.75, 3.05) is 33.4 Å². The Balaban J connectivity index is 1.58. The first kappa shape index (κ1) is 20.0. The average molecular weight is 349 g/mol. The summed E-state index contributed by atoms with van der Waals surface area (Å²) in [7, 11) is 1.54. The summed E-state index contributed by atoms with van der Waals surface area (Å²) in [4.78, 5) is 1.87. The maximum absolute atomic E-state index is 13.9. The number of ether oxygens (including phenoxy) is 3. The summed E-state index contributed by atoms with van der Waals surface area (Å²) in [6.45, 7) is 5.75. The number of likely N-dealkylation sites (tertiary alicyclic amines) is 1. The van der Waals surface area contributed by atoms with Crippen LogP contribution in [0.2, 0.25) is 0 Å². The van der Waals surface area contributed by atoms with Gasteiger partial charge in [-0.25, -0.2) is 8.78 Å². The van der Waals surface area contributed by atoms with Crippen molar-refractivity contribution in [1.29, 1.82) is 0 Å². The summed E-state index contributed by atoms with van der Waals surface area (Å²) in [6.07, 6.45) is 5.05. The number of nitrogens with zero attached hydrogens (tertiary/aromatic N) is 1. The molecule has 0 amide bonds. The molecule has 4 nitrogen and oxygen atoms in total. The molecular weight excluding hydrogens is 316 g/mol. The molecule has 1 saturated heterocycles. The fourth-order valence-corrected chi connectivity index (χ4v) is 3.48. The number of hydrogen-bond acceptors (Lipinski definition) is 4. The molecule has 2 aliphatic rings. The lowest BCUT2D eigenvalue weighted by Gasteiger charge is -2.40. The summed E-state index contributed by atoms with van der Waals surface area (Å²) in [6, 6.07) is 0. The second-order valence-corrected chi connectivity index (χ2v) is 7.46. The molecule has 1 aliphatic heterocycles. The van der Waals surface area contributed by atoms with Crippen LogP contribution in [-0.2, 0) is 14.2 Å². The molecule has 1 heterocycles. The van der Waals surface area contributed by atoms with Crippen LogP contribution in [0.5, 0.6) is 0 Å². The van der Waals surface area contributed by atoms with Gasteiger partial charge >= 0.3 is 0 Å². The van der Waals surface area contributed by atoms with Crippen molar-refractivity contribution >= 4 is 0 Å². The van der Waals surface area contributed by atoms with Gasteiger partial charge in [0.15, 0.2) is 0 Å². The fourth-order valence-electron chi connectivity index (χ4n) is 3.48. The van der Waals surface area contributed by atoms with Crippen molar-refractivity contribution < 1.29 is 23.0 Å². The van der Waals surface area contributed by atoms with Crippen molar-refractivity contribution in [3.8, 4) is 0 Å². The van der Waals surface area contributed by atoms with Gasteiger partial charge < -0.3 is 14.2 Å². The molecule has 0 atom stereocenters. The van der Waals surface area contributed by atoms with E-state index in [0.29, 0.717) is 38.3 Å². The minimum atomic E-state index is -2.62. The molecule has 2 fully saturated rings. The van der Waals surface area contributed by atoms with E-state index in [1.807, 2.05) is 4.90 Å². The maximum atomic E-state index is 13.9. The Bertz CT molecular complexity index is 354. The van der Waals surface area contributed by atoms with Gasteiger partial charge in [0.1, 0.15) is 0 Å². The molecule has 0 aromatic carbocycles. The molecule has 142 valence electrons. The van der Waals surface area contributed by atoms with Gasteiger partial charge in [-0.2, -0.15) is 0 Å². The van der Waals surface area contributed by atoms with Gasteiger partial charge in [-0.3, -0.25) is 4.90 Å². The van der Waals surface area contributed by atoms with Gasteiger partial charge in [-0.1, -0.05) is 0 Å². The zero-order chi connectivity index (χ0) is 17.6. The Hall–Kier alpha value is -0.300. The van der Waals surface area contributed by atoms with Crippen molar-refractivity contribution in [3.63, 3.8) is 0 Å². The lowest BCUT2D eigenvalue weighted by molar-refractivity contribution is -0.148. The number of piperidine rings is 1. The molecule has 0 radical (unpaired) electrons. The predicted molar refractivity (Wildman–Crippen MR) is 89.6 cm³/mol. The monoisotopic (exact) mass is 349 g/mol. The van der Waals surface area contributed by atoms with Crippen molar-refractivity contribution in [2.24, 2.45) is 0 Å². The number of alkyl halides is 2. The fraction of sp³-hybridized carbons (Fsp3) is 1.00. The molecule has 0 aromatic heterocycles. The third-order valence-electron chi connectivity index (χ3n) is 4.78. The van der Waals surface area contributed by atoms with Crippen LogP contribution in [0, 0.1) is 0 Å². The average Bonchev–Trinajstić information content (AvgIpc) is 2.46. The second kappa shape index (κ2) is 9.41. The minimum absolute atomic E-state index is 0.101. The third-order valence-corrected chi connectivity index (χ3v) is 4.78. The van der Waals surface area contributed by atoms with E-state index in [9.17, 15) is 8.78 Å². The van der Waals surface area contributed by atoms with Gasteiger partial charge in [-0.05, 0) is 46.0 Å². The predicted octanol–water partition coefficient (Wildman–Crippen LogP) is 3.49. The van der Waals surface area contributed by atoms with Crippen molar-refractivity contribution in [2.45, 2.75) is 82.7 Å². The van der Waals surface area contributed by atoms with E-state index in [2.05, 4.69) is 13.8 Å². The lowest BCUT2D eigenvalue weighted by Crippen LogP contribution is -2.46. The molecule has 2 rings (SSSR count). The van der Waals surface area contributed by atoms with E-state index >= 15 is 0 Å². The van der Waals surface area contributed by atoms with Crippen LogP contribution in [0.4, 0.5) is 8.78 Å². The second-order valence-electron chi connectivity index (χ2n) is 7.46. The third kappa shape index (κ3) is 6.90. The summed E-state index contributed by atoms with van der Waals surface area (Å²) in [5.74, 6) is -2.62. The Morgan fingerprint density at radius 2 is 1.75 bits per heavy atom. The summed E-state index contributed by atoms with van der Waals surface area (Å²) >= 11 is 0. The van der Waals surface area contributed by atoms with Gasteiger partial charge in [-0.15, -0.1) is 0 Å². The van der Waals surface area contributed by atoms with E-state index in [-0.39, 0.29) is 25.2 Å². The van der Waals surface area contributed by atoms with E-state index in [0.717, 1.165) is 25.7 Å². The first-order chi connectivity index (χ1) is 11.4. The van der Waals surface area contributed by atoms with Gasteiger partial charge in [0.2, 0.25) is 0 Å². The minimum Gasteiger partial charge on any atom is -0.385 e. The Labute approximate surface area is 144 Å². The topological polar surface area (TPSA) is 30.9 Å². The normalized spacial score (nSPS) is 26.8. The summed E-state index contributed by atoms with van der Waals surface area (Å²) in [5.41, 5.74) is 0. The SMILES string of the molecule is COCCCC(F)(F)CN1CCC(OC2CC(OC(C)C)C2)CC1. The van der Waals surface area contributed by atoms with Crippen LogP contribution in [-0.4, -0.2) is 68.6 Å². The largest absolute Gasteiger partial charge is 0.385 e. The van der Waals surface area contributed by atoms with Gasteiger partial charge in [0.25, 0.3) is 5.92 Å². The van der Waals surface area contributed by atoms with Crippen LogP contribution in [0.15, 0.2) is 0 Å². The van der Waals surface area contributed by atoms with Crippen LogP contribution < -0.4 is 0 Å². The Kier molecular flexibility index (Phi) is 7.85. The van der Waals surface area contributed by atoms with Crippen LogP contribution in [0.25, 0.3) is 0 Å². The number of halogens is 2. The lowest BCUT2D eigenvalue weighted by atomic mass is 9.91. The highest BCUT2D eigenvalue weighted by atomic mass is 19.3. The maximum Gasteiger partial charge on any atom is 0.260 e. The molecule has 0 unspecified atom stereocenters. The summed E-state index contributed by atoms with van der Waals surface area (Å²) < 4.78 is 44.5. The highest BCUT2D eigenvalue weighted by molar-refractivity contribution is 4.85. The summed E-state index contributed by atoms with van der Waals surface area (Å²) in [5, 5.41) is 0. The van der Waals surface area contributed by atoms with Crippen molar-refractivity contribution in [3.05, 3.63) is 0 Å². The molecule has 1 aliphatic carbocycles. The first-order valence-corrected chi connectivity index (χ1v) is 9.28. The smallest absolute Gasteiger partial charge is 0.260 e. The van der Waals surface area contributed by atoms with Gasteiger partial charge in [0.05, 0.1) is 31.0 Å². The number of hydrogen-bond donors (Lipinski definition) is 0. The highest BCUT2D eigenvalue weighted by Gasteiger charge is 2.36. The molecule has 1 saturated carbocycles. The van der Waals surface area contributed by atoms with E-state index in [1.54, 1.807) is 7.11 Å². The zero-order valence-corrected chi connectivity index (χ0v) is 15.3. The van der Waals surface area contributed by atoms with E-state index in [1.165, 1.54) is 0 Å². The molecule has 0 N–H and O–H groups in total. The molecule has 6 heteroatoms. The zero-order valence-electron chi connectivity index (χ0n) is 15.3. The first-order valence-electron chi connectivity index (χ1n) is 9.28. The van der Waals surface area contributed by atoms with Gasteiger partial charge in [0, 0.05) is 33.2 Å². The molecule has 0 bridgehead atoms. The van der Waals surface area contributed by atoms with E-state index in [4.69, 9.17) is 14.2 Å². The highest BCUT2D eigenvalue weighted by Crippen LogP contribution is 2.31. The van der Waals surface area contributed by atoms with Crippen molar-refractivity contribution in [1.82, 2.24) is 4.90 Å². The molecular formula is C18H33F2NO3. The Morgan fingerprint density at radius 1 is 1.08 bits per heavy atom. The molecule has 24 heavy (non-hydrogen) atoms. The molecule has 0 spiro atoms. The standard InChI is InChI=1S/C18H33F2NO3/c1-14(2)23-16-11-17(12-16)24-15-5-8-21(9-6-15)13-18(19,20)7-4-10-22-3/h14-17H,4-13H2,1-3H3. The quantitative estimate of drug-likeness (QED) is 0.565. The number of rotatable bonds is 10.